The van der Waals surface area contributed by atoms with Gasteiger partial charge >= 0.3 is 5.97 Å². The van der Waals surface area contributed by atoms with Crippen LogP contribution in [0.5, 0.6) is 0 Å². The molecule has 8 nitrogen and oxygen atoms in total. The molecule has 2 amide bonds. The molecule has 3 fully saturated rings. The van der Waals surface area contributed by atoms with E-state index in [0.29, 0.717) is 32.2 Å². The van der Waals surface area contributed by atoms with Gasteiger partial charge in [0.2, 0.25) is 11.8 Å². The first-order chi connectivity index (χ1) is 18.8. The molecule has 3 aliphatic rings. The Morgan fingerprint density at radius 1 is 1.23 bits per heavy atom. The molecule has 8 heteroatoms. The van der Waals surface area contributed by atoms with E-state index in [4.69, 9.17) is 9.47 Å². The number of ether oxygens (including phenoxy) is 2. The lowest BCUT2D eigenvalue weighted by Gasteiger charge is -2.40. The molecule has 6 atom stereocenters. The summed E-state index contributed by atoms with van der Waals surface area (Å²) in [5, 5.41) is 10.5. The Balaban J connectivity index is 1.69. The average Bonchev–Trinajstić information content (AvgIpc) is 3.57. The smallest absolute Gasteiger partial charge is 0.312 e. The summed E-state index contributed by atoms with van der Waals surface area (Å²) >= 11 is 0. The van der Waals surface area contributed by atoms with Gasteiger partial charge in [0.15, 0.2) is 0 Å². The summed E-state index contributed by atoms with van der Waals surface area (Å²) in [6, 6.07) is 7.85. The fourth-order valence-electron chi connectivity index (χ4n) is 6.68. The van der Waals surface area contributed by atoms with Crippen molar-refractivity contribution in [1.29, 1.82) is 0 Å². The van der Waals surface area contributed by atoms with Gasteiger partial charge < -0.3 is 24.4 Å². The van der Waals surface area contributed by atoms with E-state index < -0.39 is 41.6 Å². The minimum atomic E-state index is -1.14. The lowest BCUT2D eigenvalue weighted by Crippen LogP contribution is -2.60. The first-order valence-corrected chi connectivity index (χ1v) is 14.1. The van der Waals surface area contributed by atoms with Crippen molar-refractivity contribution in [2.45, 2.75) is 82.2 Å². The second-order valence-corrected chi connectivity index (χ2v) is 11.2. The van der Waals surface area contributed by atoms with Crippen LogP contribution in [-0.4, -0.2) is 82.3 Å². The zero-order valence-electron chi connectivity index (χ0n) is 23.2. The number of amides is 2. The molecule has 1 spiro atoms. The average molecular weight is 539 g/mol. The number of likely N-dealkylation sites (tertiary alicyclic amines) is 1. The number of carbonyl (C=O) groups is 3. The maximum atomic E-state index is 14.3. The number of allylic oxidation sites excluding steroid dienone is 1. The Kier molecular flexibility index (Phi) is 9.28. The maximum absolute atomic E-state index is 14.3. The van der Waals surface area contributed by atoms with Crippen LogP contribution in [0.2, 0.25) is 0 Å². The molecule has 0 saturated carbocycles. The Bertz CT molecular complexity index is 1060. The molecule has 3 saturated heterocycles. The normalized spacial score (nSPS) is 27.9. The van der Waals surface area contributed by atoms with Crippen molar-refractivity contribution in [2.24, 2.45) is 11.8 Å². The predicted octanol–water partition coefficient (Wildman–Crippen LogP) is 3.29. The highest BCUT2D eigenvalue weighted by Crippen LogP contribution is 2.59. The number of rotatable bonds is 14. The predicted molar refractivity (Wildman–Crippen MR) is 148 cm³/mol. The zero-order chi connectivity index (χ0) is 28.2. The van der Waals surface area contributed by atoms with Crippen LogP contribution < -0.4 is 0 Å². The topological polar surface area (TPSA) is 96.4 Å². The number of carbonyl (C=O) groups excluding carboxylic acids is 3. The third kappa shape index (κ3) is 5.41. The fourth-order valence-corrected chi connectivity index (χ4v) is 6.68. The van der Waals surface area contributed by atoms with E-state index in [-0.39, 0.29) is 31.1 Å². The number of aliphatic hydroxyl groups is 1. The molecule has 3 aliphatic heterocycles. The molecule has 0 radical (unpaired) electrons. The SMILES string of the molecule is C=CCCCCOC(=O)[C@@H]1[C@@H]2CCC3(O2)C(C(=O)N(CC=C)C(C)C)N([C@@H](CO)Cc2ccccc2)C(=O)[C@H]13. The molecule has 39 heavy (non-hydrogen) atoms. The summed E-state index contributed by atoms with van der Waals surface area (Å²) in [5.74, 6) is -2.60. The molecule has 4 rings (SSSR count). The molecular formula is C31H42N2O6. The van der Waals surface area contributed by atoms with Crippen molar-refractivity contribution in [3.8, 4) is 0 Å². The number of nitrogens with zero attached hydrogens (tertiary/aromatic N) is 2. The van der Waals surface area contributed by atoms with E-state index in [9.17, 15) is 19.5 Å². The Hall–Kier alpha value is -2.97. The highest BCUT2D eigenvalue weighted by Gasteiger charge is 2.75. The van der Waals surface area contributed by atoms with Gasteiger partial charge in [-0.15, -0.1) is 13.2 Å². The quantitative estimate of drug-likeness (QED) is 0.222. The summed E-state index contributed by atoms with van der Waals surface area (Å²) in [5.41, 5.74) is -0.193. The Labute approximate surface area is 231 Å². The molecule has 1 aromatic rings. The molecule has 1 aromatic carbocycles. The number of aliphatic hydroxyl groups excluding tert-OH is 1. The number of esters is 1. The number of fused-ring (bicyclic) bond motifs is 1. The maximum Gasteiger partial charge on any atom is 0.312 e. The number of hydrogen-bond acceptors (Lipinski definition) is 6. The standard InChI is InChI=1S/C31H42N2O6/c1-5-7-8-12-18-38-30(37)25-24-15-16-31(39-24)26(25)28(35)33(23(20-34)19-22-13-10-9-11-14-22)27(31)29(36)32(17-6-2)21(3)4/h5-6,9-11,13-14,21,23-27,34H,1-2,7-8,12,15-20H2,3-4H3/t23-,24+,25-,26+,27?,31?/m1/s1. The molecule has 0 aromatic heterocycles. The Morgan fingerprint density at radius 2 is 1.97 bits per heavy atom. The van der Waals surface area contributed by atoms with Crippen molar-refractivity contribution >= 4 is 17.8 Å². The van der Waals surface area contributed by atoms with Crippen LogP contribution in [0.25, 0.3) is 0 Å². The van der Waals surface area contributed by atoms with E-state index >= 15 is 0 Å². The van der Waals surface area contributed by atoms with E-state index in [2.05, 4.69) is 13.2 Å². The van der Waals surface area contributed by atoms with Gasteiger partial charge in [-0.3, -0.25) is 14.4 Å². The van der Waals surface area contributed by atoms with Gasteiger partial charge in [-0.25, -0.2) is 0 Å². The van der Waals surface area contributed by atoms with Crippen molar-refractivity contribution in [3.63, 3.8) is 0 Å². The second-order valence-electron chi connectivity index (χ2n) is 11.2. The van der Waals surface area contributed by atoms with Crippen LogP contribution in [-0.2, 0) is 30.3 Å². The summed E-state index contributed by atoms with van der Waals surface area (Å²) in [7, 11) is 0. The van der Waals surface area contributed by atoms with Crippen LogP contribution in [0.15, 0.2) is 55.6 Å². The van der Waals surface area contributed by atoms with Gasteiger partial charge in [0.05, 0.1) is 37.2 Å². The van der Waals surface area contributed by atoms with E-state index in [0.717, 1.165) is 18.4 Å². The van der Waals surface area contributed by atoms with E-state index in [1.165, 1.54) is 4.90 Å². The lowest BCUT2D eigenvalue weighted by atomic mass is 9.70. The van der Waals surface area contributed by atoms with Gasteiger partial charge in [0, 0.05) is 12.6 Å². The van der Waals surface area contributed by atoms with Crippen molar-refractivity contribution in [1.82, 2.24) is 9.80 Å². The zero-order valence-corrected chi connectivity index (χ0v) is 23.2. The molecule has 3 heterocycles. The van der Waals surface area contributed by atoms with Crippen molar-refractivity contribution in [3.05, 3.63) is 61.2 Å². The van der Waals surface area contributed by atoms with Gasteiger partial charge in [-0.05, 0) is 57.9 Å². The molecule has 0 aliphatic carbocycles. The lowest BCUT2D eigenvalue weighted by molar-refractivity contribution is -0.157. The first-order valence-electron chi connectivity index (χ1n) is 14.1. The molecule has 2 unspecified atom stereocenters. The van der Waals surface area contributed by atoms with Crippen LogP contribution in [0.4, 0.5) is 0 Å². The third-order valence-electron chi connectivity index (χ3n) is 8.44. The number of benzene rings is 1. The van der Waals surface area contributed by atoms with Gasteiger partial charge in [-0.1, -0.05) is 42.5 Å². The summed E-state index contributed by atoms with van der Waals surface area (Å²) in [4.78, 5) is 45.1. The first kappa shape index (κ1) is 29.0. The highest BCUT2D eigenvalue weighted by atomic mass is 16.6. The summed E-state index contributed by atoms with van der Waals surface area (Å²) in [6.45, 7) is 11.6. The van der Waals surface area contributed by atoms with E-state index in [1.54, 1.807) is 11.0 Å². The van der Waals surface area contributed by atoms with Crippen molar-refractivity contribution in [2.75, 3.05) is 19.8 Å². The van der Waals surface area contributed by atoms with Gasteiger partial charge in [0.1, 0.15) is 11.6 Å². The minimum absolute atomic E-state index is 0.139. The molecular weight excluding hydrogens is 496 g/mol. The van der Waals surface area contributed by atoms with Gasteiger partial charge in [-0.2, -0.15) is 0 Å². The van der Waals surface area contributed by atoms with Crippen LogP contribution in [0, 0.1) is 11.8 Å². The van der Waals surface area contributed by atoms with Gasteiger partial charge in [0.25, 0.3) is 0 Å². The molecule has 212 valence electrons. The number of unbranched alkanes of at least 4 members (excludes halogenated alkanes) is 2. The van der Waals surface area contributed by atoms with Crippen LogP contribution in [0.1, 0.15) is 51.5 Å². The summed E-state index contributed by atoms with van der Waals surface area (Å²) in [6.07, 6.45) is 6.89. The number of hydrogen-bond donors (Lipinski definition) is 1. The molecule has 1 N–H and O–H groups in total. The molecule has 2 bridgehead atoms. The monoisotopic (exact) mass is 538 g/mol. The largest absolute Gasteiger partial charge is 0.465 e. The minimum Gasteiger partial charge on any atom is -0.465 e. The van der Waals surface area contributed by atoms with Crippen molar-refractivity contribution < 1.29 is 29.0 Å². The summed E-state index contributed by atoms with van der Waals surface area (Å²) < 4.78 is 12.2. The van der Waals surface area contributed by atoms with Crippen LogP contribution >= 0.6 is 0 Å². The highest BCUT2D eigenvalue weighted by molar-refractivity contribution is 5.98. The Morgan fingerprint density at radius 3 is 2.62 bits per heavy atom. The van der Waals surface area contributed by atoms with Crippen LogP contribution in [0.3, 0.4) is 0 Å². The second kappa shape index (κ2) is 12.5. The fraction of sp³-hybridized carbons (Fsp3) is 0.581. The third-order valence-corrected chi connectivity index (χ3v) is 8.44. The van der Waals surface area contributed by atoms with E-state index in [1.807, 2.05) is 50.3 Å².